The van der Waals surface area contributed by atoms with Gasteiger partial charge in [0.05, 0.1) is 5.56 Å². The van der Waals surface area contributed by atoms with Crippen molar-refractivity contribution in [3.63, 3.8) is 0 Å². The summed E-state index contributed by atoms with van der Waals surface area (Å²) in [5, 5.41) is 2.96. The van der Waals surface area contributed by atoms with Gasteiger partial charge in [-0.15, -0.1) is 0 Å². The van der Waals surface area contributed by atoms with Crippen molar-refractivity contribution in [2.75, 3.05) is 5.32 Å². The zero-order chi connectivity index (χ0) is 16.4. The van der Waals surface area contributed by atoms with Crippen LogP contribution >= 0.6 is 22.6 Å². The Bertz CT molecular complexity index is 853. The minimum absolute atomic E-state index is 0.155. The van der Waals surface area contributed by atoms with Crippen molar-refractivity contribution in [3.05, 3.63) is 75.1 Å². The van der Waals surface area contributed by atoms with Crippen molar-refractivity contribution in [2.45, 2.75) is 13.8 Å². The smallest absolute Gasteiger partial charge is 0.259 e. The summed E-state index contributed by atoms with van der Waals surface area (Å²) in [5.41, 5.74) is 3.37. The van der Waals surface area contributed by atoms with E-state index in [1.54, 1.807) is 6.07 Å². The maximum absolute atomic E-state index is 12.5. The standard InChI is InChI=1S/C19H16INO2/c1-12-10-15(20)8-9-17(12)21-19(22)16-11-18(23-13(16)2)14-6-4-3-5-7-14/h3-11H,1-2H3,(H,21,22). The largest absolute Gasteiger partial charge is 0.461 e. The van der Waals surface area contributed by atoms with E-state index < -0.39 is 0 Å². The van der Waals surface area contributed by atoms with Gasteiger partial charge in [0.2, 0.25) is 0 Å². The van der Waals surface area contributed by atoms with Gasteiger partial charge in [0.1, 0.15) is 11.5 Å². The number of benzene rings is 2. The number of nitrogens with one attached hydrogen (secondary N) is 1. The second kappa shape index (κ2) is 6.58. The third kappa shape index (κ3) is 3.47. The van der Waals surface area contributed by atoms with E-state index in [2.05, 4.69) is 27.9 Å². The maximum atomic E-state index is 12.5. The molecule has 0 fully saturated rings. The normalized spacial score (nSPS) is 10.6. The van der Waals surface area contributed by atoms with E-state index in [0.29, 0.717) is 17.1 Å². The van der Waals surface area contributed by atoms with Crippen LogP contribution in [-0.4, -0.2) is 5.91 Å². The number of anilines is 1. The fourth-order valence-corrected chi connectivity index (χ4v) is 3.06. The van der Waals surface area contributed by atoms with Crippen LogP contribution in [0.4, 0.5) is 5.69 Å². The summed E-state index contributed by atoms with van der Waals surface area (Å²) in [5.74, 6) is 1.16. The first-order valence-electron chi connectivity index (χ1n) is 7.28. The Morgan fingerprint density at radius 2 is 1.78 bits per heavy atom. The summed E-state index contributed by atoms with van der Waals surface area (Å²) in [6.07, 6.45) is 0. The maximum Gasteiger partial charge on any atom is 0.259 e. The molecule has 0 spiro atoms. The summed E-state index contributed by atoms with van der Waals surface area (Å²) >= 11 is 2.25. The van der Waals surface area contributed by atoms with Crippen molar-refractivity contribution in [1.29, 1.82) is 0 Å². The molecule has 23 heavy (non-hydrogen) atoms. The molecule has 1 aromatic heterocycles. The third-order valence-corrected chi connectivity index (χ3v) is 4.33. The third-order valence-electron chi connectivity index (χ3n) is 3.66. The number of halogens is 1. The minimum Gasteiger partial charge on any atom is -0.461 e. The lowest BCUT2D eigenvalue weighted by Gasteiger charge is -2.08. The van der Waals surface area contributed by atoms with Crippen LogP contribution in [0.2, 0.25) is 0 Å². The summed E-state index contributed by atoms with van der Waals surface area (Å²) in [6.45, 7) is 3.79. The fourth-order valence-electron chi connectivity index (χ4n) is 2.41. The molecule has 1 N–H and O–H groups in total. The zero-order valence-corrected chi connectivity index (χ0v) is 15.0. The van der Waals surface area contributed by atoms with Crippen LogP contribution in [0.25, 0.3) is 11.3 Å². The summed E-state index contributed by atoms with van der Waals surface area (Å²) in [7, 11) is 0. The topological polar surface area (TPSA) is 42.2 Å². The van der Waals surface area contributed by atoms with Crippen LogP contribution in [0.1, 0.15) is 21.7 Å². The van der Waals surface area contributed by atoms with Crippen molar-refractivity contribution < 1.29 is 9.21 Å². The Hall–Kier alpha value is -2.08. The summed E-state index contributed by atoms with van der Waals surface area (Å²) in [6, 6.07) is 17.5. The molecule has 3 rings (SSSR count). The highest BCUT2D eigenvalue weighted by molar-refractivity contribution is 14.1. The molecule has 0 unspecified atom stereocenters. The van der Waals surface area contributed by atoms with Gasteiger partial charge in [-0.1, -0.05) is 30.3 Å². The quantitative estimate of drug-likeness (QED) is 0.579. The molecule has 1 heterocycles. The summed E-state index contributed by atoms with van der Waals surface area (Å²) in [4.78, 5) is 12.5. The van der Waals surface area contributed by atoms with E-state index in [-0.39, 0.29) is 5.91 Å². The molecule has 0 aliphatic carbocycles. The molecule has 0 saturated heterocycles. The van der Waals surface area contributed by atoms with Crippen molar-refractivity contribution in [3.8, 4) is 11.3 Å². The van der Waals surface area contributed by atoms with E-state index in [0.717, 1.165) is 20.4 Å². The average molecular weight is 417 g/mol. The Morgan fingerprint density at radius 1 is 1.04 bits per heavy atom. The Balaban J connectivity index is 1.87. The monoisotopic (exact) mass is 417 g/mol. The number of hydrogen-bond donors (Lipinski definition) is 1. The molecule has 0 radical (unpaired) electrons. The first-order chi connectivity index (χ1) is 11.0. The number of rotatable bonds is 3. The molecule has 4 heteroatoms. The molecule has 0 bridgehead atoms. The van der Waals surface area contributed by atoms with Gasteiger partial charge in [0.25, 0.3) is 5.91 Å². The fraction of sp³-hybridized carbons (Fsp3) is 0.105. The zero-order valence-electron chi connectivity index (χ0n) is 12.9. The second-order valence-corrected chi connectivity index (χ2v) is 6.61. The van der Waals surface area contributed by atoms with Gasteiger partial charge in [-0.3, -0.25) is 4.79 Å². The summed E-state index contributed by atoms with van der Waals surface area (Å²) < 4.78 is 6.89. The molecule has 0 aliphatic rings. The first-order valence-corrected chi connectivity index (χ1v) is 8.36. The molecular weight excluding hydrogens is 401 g/mol. The Morgan fingerprint density at radius 3 is 2.48 bits per heavy atom. The van der Waals surface area contributed by atoms with Crippen LogP contribution in [0.15, 0.2) is 59.0 Å². The van der Waals surface area contributed by atoms with Crippen LogP contribution in [0, 0.1) is 17.4 Å². The molecule has 0 aliphatic heterocycles. The average Bonchev–Trinajstić information content (AvgIpc) is 2.93. The van der Waals surface area contributed by atoms with E-state index in [9.17, 15) is 4.79 Å². The van der Waals surface area contributed by atoms with Gasteiger partial charge < -0.3 is 9.73 Å². The predicted molar refractivity (Wildman–Crippen MR) is 101 cm³/mol. The molecule has 0 atom stereocenters. The molecule has 1 amide bonds. The Kier molecular flexibility index (Phi) is 4.52. The van der Waals surface area contributed by atoms with Crippen LogP contribution in [-0.2, 0) is 0 Å². The number of hydrogen-bond acceptors (Lipinski definition) is 2. The van der Waals surface area contributed by atoms with Crippen LogP contribution in [0.3, 0.4) is 0 Å². The van der Waals surface area contributed by atoms with Crippen molar-refractivity contribution >= 4 is 34.2 Å². The first kappa shape index (κ1) is 15.8. The molecule has 116 valence electrons. The van der Waals surface area contributed by atoms with Gasteiger partial charge in [0, 0.05) is 14.8 Å². The highest BCUT2D eigenvalue weighted by atomic mass is 127. The van der Waals surface area contributed by atoms with Gasteiger partial charge in [0.15, 0.2) is 0 Å². The van der Waals surface area contributed by atoms with Gasteiger partial charge in [-0.05, 0) is 66.3 Å². The molecular formula is C19H16INO2. The molecule has 3 nitrogen and oxygen atoms in total. The van der Waals surface area contributed by atoms with Gasteiger partial charge >= 0.3 is 0 Å². The van der Waals surface area contributed by atoms with Crippen LogP contribution in [0.5, 0.6) is 0 Å². The number of carbonyl (C=O) groups excluding carboxylic acids is 1. The lowest BCUT2D eigenvalue weighted by Crippen LogP contribution is -2.13. The van der Waals surface area contributed by atoms with E-state index in [4.69, 9.17) is 4.42 Å². The SMILES string of the molecule is Cc1cc(I)ccc1NC(=O)c1cc(-c2ccccc2)oc1C. The van der Waals surface area contributed by atoms with E-state index >= 15 is 0 Å². The van der Waals surface area contributed by atoms with E-state index in [1.807, 2.05) is 62.4 Å². The van der Waals surface area contributed by atoms with E-state index in [1.165, 1.54) is 0 Å². The molecule has 0 saturated carbocycles. The van der Waals surface area contributed by atoms with Gasteiger partial charge in [-0.25, -0.2) is 0 Å². The number of furan rings is 1. The number of carbonyl (C=O) groups is 1. The second-order valence-electron chi connectivity index (χ2n) is 5.36. The molecule has 3 aromatic rings. The number of amides is 1. The lowest BCUT2D eigenvalue weighted by atomic mass is 10.1. The minimum atomic E-state index is -0.155. The highest BCUT2D eigenvalue weighted by Gasteiger charge is 2.16. The van der Waals surface area contributed by atoms with Gasteiger partial charge in [-0.2, -0.15) is 0 Å². The highest BCUT2D eigenvalue weighted by Crippen LogP contribution is 2.26. The van der Waals surface area contributed by atoms with Crippen molar-refractivity contribution in [2.24, 2.45) is 0 Å². The van der Waals surface area contributed by atoms with Crippen LogP contribution < -0.4 is 5.32 Å². The lowest BCUT2D eigenvalue weighted by molar-refractivity contribution is 0.102. The Labute approximate surface area is 148 Å². The predicted octanol–water partition coefficient (Wildman–Crippen LogP) is 5.42. The van der Waals surface area contributed by atoms with Crippen molar-refractivity contribution in [1.82, 2.24) is 0 Å². The number of aryl methyl sites for hydroxylation is 2. The molecule has 2 aromatic carbocycles.